The Kier molecular flexibility index (Phi) is 5.88. The van der Waals surface area contributed by atoms with Crippen LogP contribution in [0, 0.1) is 13.8 Å². The Morgan fingerprint density at radius 1 is 1.29 bits per heavy atom. The number of anilines is 1. The van der Waals surface area contributed by atoms with E-state index in [-0.39, 0.29) is 23.3 Å². The van der Waals surface area contributed by atoms with E-state index in [4.69, 9.17) is 0 Å². The highest BCUT2D eigenvalue weighted by Crippen LogP contribution is 2.23. The lowest BCUT2D eigenvalue weighted by atomic mass is 10.2. The van der Waals surface area contributed by atoms with Gasteiger partial charge in [-0.25, -0.2) is 4.98 Å². The van der Waals surface area contributed by atoms with Crippen LogP contribution in [0.3, 0.4) is 0 Å². The van der Waals surface area contributed by atoms with Gasteiger partial charge in [-0.15, -0.1) is 0 Å². The number of rotatable bonds is 6. The molecule has 3 aromatic rings. The van der Waals surface area contributed by atoms with Crippen molar-refractivity contribution in [2.24, 2.45) is 7.05 Å². The molecule has 1 atom stereocenters. The number of nitrogens with zero attached hydrogens (tertiary/aromatic N) is 4. The molecule has 0 fully saturated rings. The number of para-hydroxylation sites is 1. The number of aromatic nitrogens is 4. The van der Waals surface area contributed by atoms with Crippen LogP contribution in [0.25, 0.3) is 10.9 Å². The molecule has 0 aliphatic rings. The molecule has 28 heavy (non-hydrogen) atoms. The predicted octanol–water partition coefficient (Wildman–Crippen LogP) is 3.45. The molecule has 0 saturated carbocycles. The first-order chi connectivity index (χ1) is 13.3. The number of fused-ring (bicyclic) bond motifs is 1. The van der Waals surface area contributed by atoms with E-state index in [0.717, 1.165) is 23.5 Å². The molecular weight excluding hydrogens is 374 g/mol. The number of thioether (sulfide) groups is 1. The van der Waals surface area contributed by atoms with Gasteiger partial charge in [-0.2, -0.15) is 5.10 Å². The van der Waals surface area contributed by atoms with E-state index in [1.165, 1.54) is 11.8 Å². The molecule has 1 N–H and O–H groups in total. The van der Waals surface area contributed by atoms with Crippen molar-refractivity contribution in [2.45, 2.75) is 45.3 Å². The van der Waals surface area contributed by atoms with Crippen LogP contribution in [-0.2, 0) is 11.8 Å². The number of carbonyl (C=O) groups excluding carboxylic acids is 1. The van der Waals surface area contributed by atoms with Crippen molar-refractivity contribution in [3.8, 4) is 0 Å². The van der Waals surface area contributed by atoms with E-state index < -0.39 is 0 Å². The Morgan fingerprint density at radius 2 is 2.00 bits per heavy atom. The number of amides is 1. The standard InChI is InChI=1S/C20H25N5O2S/c1-6-12(2)25-19(27)15-9-7-8-10-16(15)21-20(25)28-11-17(26)22-18-13(3)23-24(5)14(18)4/h7-10,12H,6,11H2,1-5H3,(H,22,26)/t12-/m0/s1. The summed E-state index contributed by atoms with van der Waals surface area (Å²) < 4.78 is 3.43. The van der Waals surface area contributed by atoms with E-state index >= 15 is 0 Å². The Morgan fingerprint density at radius 3 is 2.64 bits per heavy atom. The third kappa shape index (κ3) is 3.82. The minimum Gasteiger partial charge on any atom is -0.322 e. The fraction of sp³-hybridized carbons (Fsp3) is 0.400. The van der Waals surface area contributed by atoms with E-state index in [2.05, 4.69) is 15.4 Å². The third-order valence-corrected chi connectivity index (χ3v) is 5.87. The van der Waals surface area contributed by atoms with Gasteiger partial charge in [0.1, 0.15) is 0 Å². The first-order valence-electron chi connectivity index (χ1n) is 9.27. The number of benzene rings is 1. The lowest BCUT2D eigenvalue weighted by Crippen LogP contribution is -2.26. The highest BCUT2D eigenvalue weighted by atomic mass is 32.2. The molecule has 0 spiro atoms. The van der Waals surface area contributed by atoms with E-state index in [1.54, 1.807) is 15.3 Å². The molecule has 148 valence electrons. The van der Waals surface area contributed by atoms with Crippen LogP contribution in [0.5, 0.6) is 0 Å². The highest BCUT2D eigenvalue weighted by Gasteiger charge is 2.18. The zero-order chi connectivity index (χ0) is 20.4. The Labute approximate surface area is 168 Å². The summed E-state index contributed by atoms with van der Waals surface area (Å²) in [5.74, 6) is 0.0111. The van der Waals surface area contributed by atoms with Crippen molar-refractivity contribution >= 4 is 34.3 Å². The second-order valence-electron chi connectivity index (χ2n) is 6.85. The van der Waals surface area contributed by atoms with Crippen LogP contribution in [0.2, 0.25) is 0 Å². The number of hydrogen-bond donors (Lipinski definition) is 1. The zero-order valence-electron chi connectivity index (χ0n) is 16.8. The molecule has 2 aromatic heterocycles. The summed E-state index contributed by atoms with van der Waals surface area (Å²) in [5.41, 5.74) is 2.99. The van der Waals surface area contributed by atoms with Gasteiger partial charge in [0, 0.05) is 13.1 Å². The van der Waals surface area contributed by atoms with Gasteiger partial charge in [-0.3, -0.25) is 18.8 Å². The van der Waals surface area contributed by atoms with Crippen LogP contribution >= 0.6 is 11.8 Å². The second-order valence-corrected chi connectivity index (χ2v) is 7.79. The van der Waals surface area contributed by atoms with Gasteiger partial charge in [0.25, 0.3) is 5.56 Å². The highest BCUT2D eigenvalue weighted by molar-refractivity contribution is 7.99. The molecule has 0 radical (unpaired) electrons. The molecular formula is C20H25N5O2S. The van der Waals surface area contributed by atoms with Crippen molar-refractivity contribution in [1.82, 2.24) is 19.3 Å². The SMILES string of the molecule is CC[C@H](C)n1c(SCC(=O)Nc2c(C)nn(C)c2C)nc2ccccc2c1=O. The van der Waals surface area contributed by atoms with Crippen LogP contribution in [0.4, 0.5) is 5.69 Å². The van der Waals surface area contributed by atoms with Crippen molar-refractivity contribution in [2.75, 3.05) is 11.1 Å². The predicted molar refractivity (Wildman–Crippen MR) is 113 cm³/mol. The maximum atomic E-state index is 13.0. The average Bonchev–Trinajstić information content (AvgIpc) is 2.92. The van der Waals surface area contributed by atoms with Crippen molar-refractivity contribution < 1.29 is 4.79 Å². The first-order valence-corrected chi connectivity index (χ1v) is 10.3. The van der Waals surface area contributed by atoms with Crippen molar-refractivity contribution in [1.29, 1.82) is 0 Å². The largest absolute Gasteiger partial charge is 0.322 e. The van der Waals surface area contributed by atoms with Crippen LogP contribution < -0.4 is 10.9 Å². The Bertz CT molecular complexity index is 1090. The van der Waals surface area contributed by atoms with Gasteiger partial charge in [-0.1, -0.05) is 30.8 Å². The van der Waals surface area contributed by atoms with Gasteiger partial charge >= 0.3 is 0 Å². The van der Waals surface area contributed by atoms with E-state index in [0.29, 0.717) is 16.1 Å². The summed E-state index contributed by atoms with van der Waals surface area (Å²) in [6.07, 6.45) is 0.799. The molecule has 8 heteroatoms. The number of nitrogens with one attached hydrogen (secondary N) is 1. The average molecular weight is 400 g/mol. The quantitative estimate of drug-likeness (QED) is 0.507. The van der Waals surface area contributed by atoms with Gasteiger partial charge in [-0.05, 0) is 39.3 Å². The maximum Gasteiger partial charge on any atom is 0.262 e. The van der Waals surface area contributed by atoms with Gasteiger partial charge in [0.15, 0.2) is 5.16 Å². The zero-order valence-corrected chi connectivity index (χ0v) is 17.6. The van der Waals surface area contributed by atoms with E-state index in [9.17, 15) is 9.59 Å². The molecule has 0 saturated heterocycles. The fourth-order valence-corrected chi connectivity index (χ4v) is 3.96. The molecule has 1 aromatic carbocycles. The number of aryl methyl sites for hydroxylation is 2. The summed E-state index contributed by atoms with van der Waals surface area (Å²) in [5, 5.41) is 8.40. The minimum absolute atomic E-state index is 0.00187. The van der Waals surface area contributed by atoms with Gasteiger partial charge in [0.05, 0.1) is 33.7 Å². The summed E-state index contributed by atoms with van der Waals surface area (Å²) in [7, 11) is 1.84. The van der Waals surface area contributed by atoms with Crippen molar-refractivity contribution in [3.05, 3.63) is 46.0 Å². The summed E-state index contributed by atoms with van der Waals surface area (Å²) in [4.78, 5) is 30.1. The molecule has 1 amide bonds. The molecule has 0 aliphatic heterocycles. The molecule has 7 nitrogen and oxygen atoms in total. The summed E-state index contributed by atoms with van der Waals surface area (Å²) in [6.45, 7) is 7.79. The number of hydrogen-bond acceptors (Lipinski definition) is 5. The fourth-order valence-electron chi connectivity index (χ4n) is 3.06. The normalized spacial score (nSPS) is 12.3. The molecule has 0 unspecified atom stereocenters. The summed E-state index contributed by atoms with van der Waals surface area (Å²) >= 11 is 1.28. The van der Waals surface area contributed by atoms with Crippen LogP contribution in [-0.4, -0.2) is 31.0 Å². The Hall–Kier alpha value is -2.61. The lowest BCUT2D eigenvalue weighted by Gasteiger charge is -2.18. The second kappa shape index (κ2) is 8.18. The molecule has 2 heterocycles. The lowest BCUT2D eigenvalue weighted by molar-refractivity contribution is -0.113. The Balaban J connectivity index is 1.87. The van der Waals surface area contributed by atoms with Crippen molar-refractivity contribution in [3.63, 3.8) is 0 Å². The van der Waals surface area contributed by atoms with Crippen LogP contribution in [0.1, 0.15) is 37.7 Å². The third-order valence-electron chi connectivity index (χ3n) is 4.91. The minimum atomic E-state index is -0.151. The monoisotopic (exact) mass is 399 g/mol. The molecule has 0 bridgehead atoms. The summed E-state index contributed by atoms with van der Waals surface area (Å²) in [6, 6.07) is 7.31. The van der Waals surface area contributed by atoms with Gasteiger partial charge < -0.3 is 5.32 Å². The molecule has 3 rings (SSSR count). The smallest absolute Gasteiger partial charge is 0.262 e. The van der Waals surface area contributed by atoms with E-state index in [1.807, 2.05) is 52.9 Å². The topological polar surface area (TPSA) is 81.8 Å². The number of carbonyl (C=O) groups is 1. The first kappa shape index (κ1) is 20.1. The van der Waals surface area contributed by atoms with Crippen LogP contribution in [0.15, 0.2) is 34.2 Å². The maximum absolute atomic E-state index is 13.0. The molecule has 0 aliphatic carbocycles. The van der Waals surface area contributed by atoms with Gasteiger partial charge in [0.2, 0.25) is 5.91 Å².